The number of nitrogens with zero attached hydrogens (tertiary/aromatic N) is 1. The van der Waals surface area contributed by atoms with Crippen LogP contribution in [0.15, 0.2) is 24.3 Å². The van der Waals surface area contributed by atoms with Crippen LogP contribution < -0.4 is 16.4 Å². The average Bonchev–Trinajstić information content (AvgIpc) is 2.70. The van der Waals surface area contributed by atoms with Gasteiger partial charge in [0.15, 0.2) is 0 Å². The van der Waals surface area contributed by atoms with Crippen molar-refractivity contribution in [1.29, 1.82) is 0 Å². The van der Waals surface area contributed by atoms with Crippen molar-refractivity contribution in [2.45, 2.75) is 37.5 Å². The van der Waals surface area contributed by atoms with Gasteiger partial charge in [0.05, 0.1) is 6.54 Å². The zero-order chi connectivity index (χ0) is 26.0. The first-order valence-corrected chi connectivity index (χ1v) is 10.0. The van der Waals surface area contributed by atoms with Gasteiger partial charge in [-0.15, -0.1) is 0 Å². The van der Waals surface area contributed by atoms with E-state index in [1.807, 2.05) is 0 Å². The molecular weight excluding hydrogens is 456 g/mol. The number of hydrogen-bond donors (Lipinski definition) is 8. The van der Waals surface area contributed by atoms with Crippen LogP contribution in [-0.4, -0.2) is 104 Å². The second-order valence-electron chi connectivity index (χ2n) is 7.68. The van der Waals surface area contributed by atoms with Crippen LogP contribution >= 0.6 is 0 Å². The van der Waals surface area contributed by atoms with Crippen LogP contribution in [0.5, 0.6) is 0 Å². The van der Waals surface area contributed by atoms with E-state index in [1.165, 1.54) is 11.8 Å². The summed E-state index contributed by atoms with van der Waals surface area (Å²) >= 11 is 0. The first-order valence-electron chi connectivity index (χ1n) is 10.0. The van der Waals surface area contributed by atoms with Gasteiger partial charge in [0, 0.05) is 30.9 Å². The molecule has 9 N–H and O–H groups in total. The second-order valence-corrected chi connectivity index (χ2v) is 7.68. The number of carboxylic acid groups (broad SMARTS) is 5. The topological polar surface area (TPSA) is 240 Å². The molecule has 2 unspecified atom stereocenters. The first-order chi connectivity index (χ1) is 15.8. The number of anilines is 1. The zero-order valence-electron chi connectivity index (χ0n) is 18.2. The zero-order valence-corrected chi connectivity index (χ0v) is 18.2. The summed E-state index contributed by atoms with van der Waals surface area (Å²) in [4.78, 5) is 57.7. The van der Waals surface area contributed by atoms with E-state index >= 15 is 0 Å². The Morgan fingerprint density at radius 1 is 0.824 bits per heavy atom. The van der Waals surface area contributed by atoms with Gasteiger partial charge in [-0.3, -0.25) is 20.3 Å². The van der Waals surface area contributed by atoms with Crippen LogP contribution in [-0.2, 0) is 30.4 Å². The van der Waals surface area contributed by atoms with Crippen LogP contribution in [0.25, 0.3) is 0 Å². The van der Waals surface area contributed by atoms with Crippen molar-refractivity contribution in [2.24, 2.45) is 0 Å². The lowest BCUT2D eigenvalue weighted by molar-refractivity contribution is -0.153. The second kappa shape index (κ2) is 13.1. The van der Waals surface area contributed by atoms with Gasteiger partial charge in [-0.2, -0.15) is 0 Å². The summed E-state index contributed by atoms with van der Waals surface area (Å²) in [7, 11) is 0. The molecule has 0 heterocycles. The number of nitrogens with one attached hydrogen (secondary N) is 2. The molecule has 34 heavy (non-hydrogen) atoms. The molecule has 0 aliphatic carbocycles. The molecule has 2 atom stereocenters. The van der Waals surface area contributed by atoms with Crippen LogP contribution in [0, 0.1) is 0 Å². The van der Waals surface area contributed by atoms with E-state index < -0.39 is 60.6 Å². The molecule has 1 aromatic rings. The molecule has 0 fully saturated rings. The van der Waals surface area contributed by atoms with Crippen molar-refractivity contribution >= 4 is 35.5 Å². The average molecular weight is 484 g/mol. The van der Waals surface area contributed by atoms with Crippen LogP contribution in [0.4, 0.5) is 5.69 Å². The maximum atomic E-state index is 11.4. The smallest absolute Gasteiger partial charge is 0.332 e. The van der Waals surface area contributed by atoms with Gasteiger partial charge in [0.25, 0.3) is 0 Å². The fourth-order valence-electron chi connectivity index (χ4n) is 3.28. The summed E-state index contributed by atoms with van der Waals surface area (Å²) < 4.78 is 0. The number of nitrogens with two attached hydrogens (primary N) is 1. The Morgan fingerprint density at radius 2 is 1.29 bits per heavy atom. The summed E-state index contributed by atoms with van der Waals surface area (Å²) in [5.74, 6) is -7.78. The predicted octanol–water partition coefficient (Wildman–Crippen LogP) is -1.79. The number of aliphatic carboxylic acids is 5. The third-order valence-corrected chi connectivity index (χ3v) is 4.67. The molecule has 1 rings (SSSR count). The molecule has 0 aliphatic heterocycles. The lowest BCUT2D eigenvalue weighted by Crippen LogP contribution is -2.56. The molecule has 0 bridgehead atoms. The molecule has 1 aromatic carbocycles. The first kappa shape index (κ1) is 28.3. The summed E-state index contributed by atoms with van der Waals surface area (Å²) in [6, 6.07) is 0.936. The minimum absolute atomic E-state index is 0.113. The minimum Gasteiger partial charge on any atom is -0.480 e. The molecule has 14 heteroatoms. The molecule has 0 radical (unpaired) electrons. The number of rotatable bonds is 16. The molecular formula is C20H28N4O10. The van der Waals surface area contributed by atoms with Crippen molar-refractivity contribution in [1.82, 2.24) is 15.5 Å². The predicted molar refractivity (Wildman–Crippen MR) is 116 cm³/mol. The van der Waals surface area contributed by atoms with E-state index in [-0.39, 0.29) is 19.5 Å². The van der Waals surface area contributed by atoms with Crippen molar-refractivity contribution in [2.75, 3.05) is 25.4 Å². The minimum atomic E-state index is -1.97. The van der Waals surface area contributed by atoms with Crippen LogP contribution in [0.3, 0.4) is 0 Å². The molecule has 0 saturated carbocycles. The Morgan fingerprint density at radius 3 is 1.74 bits per heavy atom. The standard InChI is InChI=1S/C20H28N4O10/c1-10(22-15(17(27)28)18(29)30)7-24(9-14(25)26)8-13(23-16(19(31)32)20(33)34)6-11-2-4-12(21)5-3-11/h2-5,10,13,15-16,22-23H,6-9,21H2,1H3,(H,25,26)(H,27,28)(H,29,30)(H,31,32)(H,33,34). The lowest BCUT2D eigenvalue weighted by Gasteiger charge is -2.31. The van der Waals surface area contributed by atoms with Crippen molar-refractivity contribution < 1.29 is 49.5 Å². The summed E-state index contributed by atoms with van der Waals surface area (Å²) in [5, 5.41) is 50.7. The number of nitrogen functional groups attached to an aromatic ring is 1. The van der Waals surface area contributed by atoms with E-state index in [9.17, 15) is 39.3 Å². The molecule has 0 aromatic heterocycles. The van der Waals surface area contributed by atoms with E-state index in [0.29, 0.717) is 11.3 Å². The Bertz CT molecular complexity index is 864. The summed E-state index contributed by atoms with van der Waals surface area (Å²) in [5.41, 5.74) is 6.79. The molecule has 0 amide bonds. The highest BCUT2D eigenvalue weighted by atomic mass is 16.4. The van der Waals surface area contributed by atoms with Gasteiger partial charge in [0.2, 0.25) is 12.1 Å². The summed E-state index contributed by atoms with van der Waals surface area (Å²) in [6.45, 7) is 0.619. The van der Waals surface area contributed by atoms with Gasteiger partial charge >= 0.3 is 29.8 Å². The Balaban J connectivity index is 3.11. The number of carboxylic acids is 5. The SMILES string of the molecule is CC(CN(CC(=O)O)CC(Cc1ccc(N)cc1)NC(C(=O)O)C(=O)O)NC(C(=O)O)C(=O)O. The van der Waals surface area contributed by atoms with E-state index in [0.717, 1.165) is 0 Å². The van der Waals surface area contributed by atoms with Gasteiger partial charge in [-0.05, 0) is 31.0 Å². The molecule has 0 aliphatic rings. The van der Waals surface area contributed by atoms with Crippen molar-refractivity contribution in [3.63, 3.8) is 0 Å². The van der Waals surface area contributed by atoms with Crippen LogP contribution in [0.1, 0.15) is 12.5 Å². The molecule has 14 nitrogen and oxygen atoms in total. The van der Waals surface area contributed by atoms with E-state index in [1.54, 1.807) is 24.3 Å². The van der Waals surface area contributed by atoms with E-state index in [2.05, 4.69) is 10.6 Å². The van der Waals surface area contributed by atoms with Crippen molar-refractivity contribution in [3.05, 3.63) is 29.8 Å². The van der Waals surface area contributed by atoms with Gasteiger partial charge in [-0.25, -0.2) is 19.2 Å². The number of carbonyl (C=O) groups is 5. The van der Waals surface area contributed by atoms with Crippen molar-refractivity contribution in [3.8, 4) is 0 Å². The third kappa shape index (κ3) is 9.81. The molecule has 188 valence electrons. The third-order valence-electron chi connectivity index (χ3n) is 4.67. The van der Waals surface area contributed by atoms with Gasteiger partial charge in [-0.1, -0.05) is 12.1 Å². The quantitative estimate of drug-likeness (QED) is 0.0955. The van der Waals surface area contributed by atoms with E-state index in [4.69, 9.17) is 15.9 Å². The fraction of sp³-hybridized carbons (Fsp3) is 0.450. The largest absolute Gasteiger partial charge is 0.480 e. The lowest BCUT2D eigenvalue weighted by atomic mass is 10.0. The highest BCUT2D eigenvalue weighted by Gasteiger charge is 2.31. The highest BCUT2D eigenvalue weighted by molar-refractivity contribution is 5.97. The van der Waals surface area contributed by atoms with Gasteiger partial charge in [0.1, 0.15) is 0 Å². The summed E-state index contributed by atoms with van der Waals surface area (Å²) in [6.07, 6.45) is 0.113. The Labute approximate surface area is 194 Å². The van der Waals surface area contributed by atoms with Crippen LogP contribution in [0.2, 0.25) is 0 Å². The Kier molecular flexibility index (Phi) is 10.9. The Hall–Kier alpha value is -3.75. The maximum absolute atomic E-state index is 11.4. The molecule has 0 spiro atoms. The highest BCUT2D eigenvalue weighted by Crippen LogP contribution is 2.10. The van der Waals surface area contributed by atoms with Gasteiger partial charge < -0.3 is 31.3 Å². The fourth-order valence-corrected chi connectivity index (χ4v) is 3.28. The number of hydrogen-bond acceptors (Lipinski definition) is 9. The molecule has 0 saturated heterocycles. The normalized spacial score (nSPS) is 13.1. The maximum Gasteiger partial charge on any atom is 0.332 e. The number of benzene rings is 1. The monoisotopic (exact) mass is 484 g/mol.